The van der Waals surface area contributed by atoms with Crippen molar-refractivity contribution in [1.82, 2.24) is 14.9 Å². The zero-order valence-electron chi connectivity index (χ0n) is 17.5. The fourth-order valence-electron chi connectivity index (χ4n) is 3.38. The topological polar surface area (TPSA) is 64.0 Å². The molecule has 2 heterocycles. The number of nitrogens with zero attached hydrogens (tertiary/aromatic N) is 2. The van der Waals surface area contributed by atoms with E-state index in [1.807, 2.05) is 42.6 Å². The fourth-order valence-corrected chi connectivity index (χ4v) is 5.15. The van der Waals surface area contributed by atoms with Crippen LogP contribution in [0.3, 0.4) is 0 Å². The molecule has 1 amide bonds. The van der Waals surface area contributed by atoms with E-state index in [1.54, 1.807) is 18.2 Å². The Hall–Kier alpha value is -2.61. The van der Waals surface area contributed by atoms with Crippen LogP contribution >= 0.6 is 34.7 Å². The van der Waals surface area contributed by atoms with Crippen molar-refractivity contribution in [3.63, 3.8) is 0 Å². The minimum atomic E-state index is -0.161. The van der Waals surface area contributed by atoms with Gasteiger partial charge in [-0.05, 0) is 55.0 Å². The van der Waals surface area contributed by atoms with E-state index in [0.29, 0.717) is 26.1 Å². The number of benzene rings is 2. The van der Waals surface area contributed by atoms with Crippen LogP contribution in [0.1, 0.15) is 18.9 Å². The number of aromatic nitrogens is 2. The Labute approximate surface area is 199 Å². The monoisotopic (exact) mass is 483 g/mol. The molecule has 0 radical (unpaired) electrons. The molecule has 0 spiro atoms. The van der Waals surface area contributed by atoms with Gasteiger partial charge in [-0.25, -0.2) is 4.98 Å². The zero-order valence-corrected chi connectivity index (χ0v) is 19.8. The lowest BCUT2D eigenvalue weighted by atomic mass is 10.1. The highest BCUT2D eigenvalue weighted by Crippen LogP contribution is 2.24. The molecule has 0 aliphatic heterocycles. The largest absolute Gasteiger partial charge is 0.353 e. The van der Waals surface area contributed by atoms with Crippen molar-refractivity contribution in [3.05, 3.63) is 87.0 Å². The number of aryl methyl sites for hydroxylation is 1. The number of halogens is 1. The number of hydrogen-bond acceptors (Lipinski definition) is 5. The molecule has 4 rings (SSSR count). The van der Waals surface area contributed by atoms with E-state index in [-0.39, 0.29) is 23.3 Å². The van der Waals surface area contributed by atoms with Crippen LogP contribution in [0.2, 0.25) is 5.02 Å². The van der Waals surface area contributed by atoms with Gasteiger partial charge in [0.2, 0.25) is 5.91 Å². The standard InChI is InChI=1S/C24H22ClN3O2S2/c1-16(10-11-17-6-3-2-4-7-17)26-21(29)15-32-24-27-20-12-13-31-22(20)23(30)28(24)19-9-5-8-18(25)14-19/h2-9,12-14,16H,10-11,15H2,1H3,(H,26,29). The molecule has 1 N–H and O–H groups in total. The molecule has 0 saturated carbocycles. The van der Waals surface area contributed by atoms with Gasteiger partial charge < -0.3 is 5.32 Å². The quantitative estimate of drug-likeness (QED) is 0.272. The van der Waals surface area contributed by atoms with Crippen molar-refractivity contribution >= 4 is 50.8 Å². The third-order valence-electron chi connectivity index (χ3n) is 4.96. The van der Waals surface area contributed by atoms with Gasteiger partial charge in [-0.2, -0.15) is 0 Å². The summed E-state index contributed by atoms with van der Waals surface area (Å²) in [4.78, 5) is 30.4. The number of amides is 1. The first kappa shape index (κ1) is 22.6. The van der Waals surface area contributed by atoms with Crippen molar-refractivity contribution in [1.29, 1.82) is 0 Å². The summed E-state index contributed by atoms with van der Waals surface area (Å²) < 4.78 is 2.11. The van der Waals surface area contributed by atoms with Gasteiger partial charge in [0, 0.05) is 11.1 Å². The highest BCUT2D eigenvalue weighted by molar-refractivity contribution is 7.99. The zero-order chi connectivity index (χ0) is 22.5. The van der Waals surface area contributed by atoms with Gasteiger partial charge in [-0.3, -0.25) is 14.2 Å². The van der Waals surface area contributed by atoms with Crippen molar-refractivity contribution in [3.8, 4) is 5.69 Å². The first-order valence-electron chi connectivity index (χ1n) is 10.2. The third-order valence-corrected chi connectivity index (χ3v) is 7.03. The predicted octanol–water partition coefficient (Wildman–Crippen LogP) is 5.33. The second kappa shape index (κ2) is 10.3. The molecule has 1 unspecified atom stereocenters. The lowest BCUT2D eigenvalue weighted by molar-refractivity contribution is -0.119. The van der Waals surface area contributed by atoms with Crippen LogP contribution in [0.25, 0.3) is 15.9 Å². The smallest absolute Gasteiger partial charge is 0.276 e. The first-order chi connectivity index (χ1) is 15.5. The molecule has 0 fully saturated rings. The van der Waals surface area contributed by atoms with Crippen LogP contribution in [0.4, 0.5) is 0 Å². The summed E-state index contributed by atoms with van der Waals surface area (Å²) in [6.45, 7) is 2.00. The molecular formula is C24H22ClN3O2S2. The SMILES string of the molecule is CC(CCc1ccccc1)NC(=O)CSc1nc2ccsc2c(=O)n1-c1cccc(Cl)c1. The average Bonchev–Trinajstić information content (AvgIpc) is 3.26. The first-order valence-corrected chi connectivity index (χ1v) is 12.5. The van der Waals surface area contributed by atoms with Crippen LogP contribution in [0.5, 0.6) is 0 Å². The van der Waals surface area contributed by atoms with Crippen LogP contribution in [-0.2, 0) is 11.2 Å². The Morgan fingerprint density at radius 3 is 2.78 bits per heavy atom. The number of hydrogen-bond donors (Lipinski definition) is 1. The minimum Gasteiger partial charge on any atom is -0.353 e. The molecule has 0 aliphatic rings. The lowest BCUT2D eigenvalue weighted by Crippen LogP contribution is -2.34. The Balaban J connectivity index is 1.47. The summed E-state index contributed by atoms with van der Waals surface area (Å²) in [5.74, 6) is 0.0751. The van der Waals surface area contributed by atoms with Gasteiger partial charge in [-0.1, -0.05) is 59.8 Å². The molecule has 1 atom stereocenters. The van der Waals surface area contributed by atoms with Crippen LogP contribution in [-0.4, -0.2) is 27.3 Å². The summed E-state index contributed by atoms with van der Waals surface area (Å²) in [5.41, 5.74) is 2.36. The van der Waals surface area contributed by atoms with Crippen molar-refractivity contribution in [2.45, 2.75) is 31.0 Å². The maximum absolute atomic E-state index is 13.1. The normalized spacial score (nSPS) is 12.1. The predicted molar refractivity (Wildman–Crippen MR) is 133 cm³/mol. The second-order valence-electron chi connectivity index (χ2n) is 7.43. The Morgan fingerprint density at radius 2 is 2.00 bits per heavy atom. The molecule has 164 valence electrons. The van der Waals surface area contributed by atoms with Crippen LogP contribution in [0.15, 0.2) is 76.0 Å². The minimum absolute atomic E-state index is 0.0470. The molecule has 0 aliphatic carbocycles. The summed E-state index contributed by atoms with van der Waals surface area (Å²) in [7, 11) is 0. The van der Waals surface area contributed by atoms with Gasteiger partial charge >= 0.3 is 0 Å². The van der Waals surface area contributed by atoms with E-state index < -0.39 is 0 Å². The van der Waals surface area contributed by atoms with E-state index in [9.17, 15) is 9.59 Å². The molecule has 32 heavy (non-hydrogen) atoms. The molecule has 0 saturated heterocycles. The second-order valence-corrected chi connectivity index (χ2v) is 9.73. The molecule has 4 aromatic rings. The Morgan fingerprint density at radius 1 is 1.19 bits per heavy atom. The Kier molecular flexibility index (Phi) is 7.29. The van der Waals surface area contributed by atoms with E-state index in [4.69, 9.17) is 11.6 Å². The summed E-state index contributed by atoms with van der Waals surface area (Å²) in [5, 5.41) is 5.88. The maximum atomic E-state index is 13.1. The average molecular weight is 484 g/mol. The summed E-state index contributed by atoms with van der Waals surface area (Å²) in [6, 6.07) is 19.2. The number of carbonyl (C=O) groups is 1. The molecule has 2 aromatic heterocycles. The molecule has 5 nitrogen and oxygen atoms in total. The highest BCUT2D eigenvalue weighted by Gasteiger charge is 2.16. The van der Waals surface area contributed by atoms with Gasteiger partial charge in [0.1, 0.15) is 4.70 Å². The van der Waals surface area contributed by atoms with Gasteiger partial charge in [0.05, 0.1) is 17.0 Å². The van der Waals surface area contributed by atoms with E-state index in [1.165, 1.54) is 33.2 Å². The van der Waals surface area contributed by atoms with Crippen LogP contribution in [0, 0.1) is 0 Å². The van der Waals surface area contributed by atoms with Gasteiger partial charge in [0.25, 0.3) is 5.56 Å². The van der Waals surface area contributed by atoms with E-state index in [2.05, 4.69) is 22.4 Å². The summed E-state index contributed by atoms with van der Waals surface area (Å²) in [6.07, 6.45) is 1.76. The fraction of sp³-hybridized carbons (Fsp3) is 0.208. The highest BCUT2D eigenvalue weighted by atomic mass is 35.5. The summed E-state index contributed by atoms with van der Waals surface area (Å²) >= 11 is 8.75. The third kappa shape index (κ3) is 5.41. The number of nitrogens with one attached hydrogen (secondary N) is 1. The van der Waals surface area contributed by atoms with Gasteiger partial charge in [-0.15, -0.1) is 11.3 Å². The van der Waals surface area contributed by atoms with Gasteiger partial charge in [0.15, 0.2) is 5.16 Å². The number of rotatable bonds is 8. The number of fused-ring (bicyclic) bond motifs is 1. The van der Waals surface area contributed by atoms with E-state index in [0.717, 1.165) is 12.8 Å². The molecule has 2 aromatic carbocycles. The van der Waals surface area contributed by atoms with Crippen molar-refractivity contribution < 1.29 is 4.79 Å². The molecular weight excluding hydrogens is 462 g/mol. The Bertz CT molecular complexity index is 1290. The van der Waals surface area contributed by atoms with Crippen molar-refractivity contribution in [2.24, 2.45) is 0 Å². The lowest BCUT2D eigenvalue weighted by Gasteiger charge is -2.15. The van der Waals surface area contributed by atoms with Crippen molar-refractivity contribution in [2.75, 3.05) is 5.75 Å². The number of carbonyl (C=O) groups excluding carboxylic acids is 1. The molecule has 8 heteroatoms. The molecule has 0 bridgehead atoms. The number of thiophene rings is 1. The van der Waals surface area contributed by atoms with Crippen LogP contribution < -0.4 is 10.9 Å². The van der Waals surface area contributed by atoms with E-state index >= 15 is 0 Å². The maximum Gasteiger partial charge on any atom is 0.276 e. The number of thioether (sulfide) groups is 1.